The summed E-state index contributed by atoms with van der Waals surface area (Å²) in [6.07, 6.45) is 1.40. The molecule has 2 N–H and O–H groups in total. The predicted molar refractivity (Wildman–Crippen MR) is 79.0 cm³/mol. The first-order valence-electron chi connectivity index (χ1n) is 6.97. The van der Waals surface area contributed by atoms with Gasteiger partial charge in [-0.3, -0.25) is 4.79 Å². The molecule has 0 spiro atoms. The van der Waals surface area contributed by atoms with Crippen molar-refractivity contribution in [3.8, 4) is 17.2 Å². The minimum Gasteiger partial charge on any atom is -0.496 e. The molecule has 1 fully saturated rings. The van der Waals surface area contributed by atoms with Crippen molar-refractivity contribution in [2.24, 2.45) is 0 Å². The summed E-state index contributed by atoms with van der Waals surface area (Å²) in [5.41, 5.74) is 0.942. The summed E-state index contributed by atoms with van der Waals surface area (Å²) in [6.45, 7) is 1.26. The molecule has 21 heavy (non-hydrogen) atoms. The molecule has 1 aliphatic rings. The lowest BCUT2D eigenvalue weighted by Gasteiger charge is -2.24. The number of rotatable bonds is 6. The molecule has 1 amide bonds. The highest BCUT2D eigenvalue weighted by Crippen LogP contribution is 2.34. The highest BCUT2D eigenvalue weighted by molar-refractivity contribution is 5.76. The van der Waals surface area contributed by atoms with Gasteiger partial charge >= 0.3 is 0 Å². The van der Waals surface area contributed by atoms with E-state index in [0.29, 0.717) is 25.3 Å². The van der Waals surface area contributed by atoms with Crippen LogP contribution in [0.5, 0.6) is 17.2 Å². The van der Waals surface area contributed by atoms with Gasteiger partial charge in [0.25, 0.3) is 0 Å². The monoisotopic (exact) mass is 294 g/mol. The third kappa shape index (κ3) is 3.78. The standard InChI is InChI=1S/C15H22N2O4/c1-19-11-6-13(20-2)12(14(7-11)21-3)9-16-10-4-5-15(18)17-8-10/h6-7,10,16H,4-5,8-9H2,1-3H3,(H,17,18). The van der Waals surface area contributed by atoms with Gasteiger partial charge in [-0.2, -0.15) is 0 Å². The van der Waals surface area contributed by atoms with Crippen molar-refractivity contribution in [1.82, 2.24) is 10.6 Å². The Balaban J connectivity index is 2.09. The first kappa shape index (κ1) is 15.4. The summed E-state index contributed by atoms with van der Waals surface area (Å²) in [7, 11) is 4.86. The van der Waals surface area contributed by atoms with Crippen molar-refractivity contribution in [2.45, 2.75) is 25.4 Å². The van der Waals surface area contributed by atoms with Crippen LogP contribution in [-0.4, -0.2) is 39.8 Å². The maximum absolute atomic E-state index is 11.2. The fourth-order valence-corrected chi connectivity index (χ4v) is 2.41. The third-order valence-electron chi connectivity index (χ3n) is 3.65. The van der Waals surface area contributed by atoms with Crippen molar-refractivity contribution >= 4 is 5.91 Å². The highest BCUT2D eigenvalue weighted by Gasteiger charge is 2.19. The van der Waals surface area contributed by atoms with E-state index in [0.717, 1.165) is 23.5 Å². The summed E-state index contributed by atoms with van der Waals surface area (Å²) in [4.78, 5) is 11.2. The fraction of sp³-hybridized carbons (Fsp3) is 0.533. The van der Waals surface area contributed by atoms with E-state index < -0.39 is 0 Å². The number of carbonyl (C=O) groups is 1. The largest absolute Gasteiger partial charge is 0.496 e. The van der Waals surface area contributed by atoms with Crippen LogP contribution >= 0.6 is 0 Å². The number of ether oxygens (including phenoxy) is 3. The van der Waals surface area contributed by atoms with Crippen molar-refractivity contribution in [3.05, 3.63) is 17.7 Å². The molecule has 0 bridgehead atoms. The Morgan fingerprint density at radius 1 is 1.19 bits per heavy atom. The lowest BCUT2D eigenvalue weighted by atomic mass is 10.1. The fourth-order valence-electron chi connectivity index (χ4n) is 2.41. The van der Waals surface area contributed by atoms with Crippen LogP contribution in [0, 0.1) is 0 Å². The summed E-state index contributed by atoms with van der Waals surface area (Å²) in [5.74, 6) is 2.25. The van der Waals surface area contributed by atoms with Crippen LogP contribution in [0.2, 0.25) is 0 Å². The SMILES string of the molecule is COc1cc(OC)c(CNC2CCC(=O)NC2)c(OC)c1. The Morgan fingerprint density at radius 2 is 1.86 bits per heavy atom. The third-order valence-corrected chi connectivity index (χ3v) is 3.65. The van der Waals surface area contributed by atoms with E-state index in [1.165, 1.54) is 0 Å². The number of hydrogen-bond donors (Lipinski definition) is 2. The second kappa shape index (κ2) is 7.17. The Kier molecular flexibility index (Phi) is 5.27. The molecule has 1 aromatic rings. The summed E-state index contributed by atoms with van der Waals surface area (Å²) in [5, 5.41) is 6.29. The zero-order valence-electron chi connectivity index (χ0n) is 12.7. The van der Waals surface area contributed by atoms with Gasteiger partial charge in [0.05, 0.1) is 26.9 Å². The Hall–Kier alpha value is -1.95. The molecule has 0 aliphatic carbocycles. The normalized spacial score (nSPS) is 18.0. The topological polar surface area (TPSA) is 68.8 Å². The smallest absolute Gasteiger partial charge is 0.220 e. The number of benzene rings is 1. The average molecular weight is 294 g/mol. The lowest BCUT2D eigenvalue weighted by Crippen LogP contribution is -2.45. The molecule has 0 aromatic heterocycles. The van der Waals surface area contributed by atoms with Gasteiger partial charge < -0.3 is 24.8 Å². The van der Waals surface area contributed by atoms with Gasteiger partial charge in [-0.15, -0.1) is 0 Å². The Morgan fingerprint density at radius 3 is 2.33 bits per heavy atom. The van der Waals surface area contributed by atoms with E-state index in [1.54, 1.807) is 21.3 Å². The first-order valence-corrected chi connectivity index (χ1v) is 6.97. The Labute approximate surface area is 124 Å². The van der Waals surface area contributed by atoms with Crippen LogP contribution in [0.25, 0.3) is 0 Å². The van der Waals surface area contributed by atoms with E-state index in [4.69, 9.17) is 14.2 Å². The number of piperidine rings is 1. The van der Waals surface area contributed by atoms with Crippen molar-refractivity contribution in [3.63, 3.8) is 0 Å². The van der Waals surface area contributed by atoms with E-state index in [-0.39, 0.29) is 11.9 Å². The molecule has 0 saturated carbocycles. The summed E-state index contributed by atoms with van der Waals surface area (Å²) in [6, 6.07) is 3.93. The van der Waals surface area contributed by atoms with Gasteiger partial charge in [0.15, 0.2) is 0 Å². The molecule has 0 radical (unpaired) electrons. The molecule has 116 valence electrons. The van der Waals surface area contributed by atoms with E-state index in [9.17, 15) is 4.79 Å². The van der Waals surface area contributed by atoms with Gasteiger partial charge in [0, 0.05) is 37.7 Å². The van der Waals surface area contributed by atoms with Crippen LogP contribution in [-0.2, 0) is 11.3 Å². The van der Waals surface area contributed by atoms with Gasteiger partial charge in [0.1, 0.15) is 17.2 Å². The number of carbonyl (C=O) groups excluding carboxylic acids is 1. The molecule has 1 aliphatic heterocycles. The number of methoxy groups -OCH3 is 3. The van der Waals surface area contributed by atoms with Crippen LogP contribution < -0.4 is 24.8 Å². The van der Waals surface area contributed by atoms with Crippen molar-refractivity contribution in [2.75, 3.05) is 27.9 Å². The van der Waals surface area contributed by atoms with Crippen LogP contribution in [0.3, 0.4) is 0 Å². The molecule has 1 saturated heterocycles. The molecule has 1 aromatic carbocycles. The van der Waals surface area contributed by atoms with Crippen LogP contribution in [0.4, 0.5) is 0 Å². The minimum absolute atomic E-state index is 0.118. The first-order chi connectivity index (χ1) is 10.2. The summed E-state index contributed by atoms with van der Waals surface area (Å²) >= 11 is 0. The average Bonchev–Trinajstić information content (AvgIpc) is 2.53. The van der Waals surface area contributed by atoms with Gasteiger partial charge in [-0.05, 0) is 6.42 Å². The van der Waals surface area contributed by atoms with Crippen molar-refractivity contribution < 1.29 is 19.0 Å². The van der Waals surface area contributed by atoms with Crippen molar-refractivity contribution in [1.29, 1.82) is 0 Å². The molecule has 6 heteroatoms. The Bertz CT molecular complexity index is 469. The van der Waals surface area contributed by atoms with Gasteiger partial charge in [-0.25, -0.2) is 0 Å². The number of amides is 1. The molecule has 1 unspecified atom stereocenters. The van der Waals surface area contributed by atoms with Crippen LogP contribution in [0.15, 0.2) is 12.1 Å². The molecule has 1 heterocycles. The van der Waals surface area contributed by atoms with E-state index >= 15 is 0 Å². The second-order valence-corrected chi connectivity index (χ2v) is 4.93. The highest BCUT2D eigenvalue weighted by atomic mass is 16.5. The molecule has 2 rings (SSSR count). The molecular formula is C15H22N2O4. The maximum atomic E-state index is 11.2. The zero-order chi connectivity index (χ0) is 15.2. The zero-order valence-corrected chi connectivity index (χ0v) is 12.7. The van der Waals surface area contributed by atoms with E-state index in [1.807, 2.05) is 12.1 Å². The minimum atomic E-state index is 0.118. The quantitative estimate of drug-likeness (QED) is 0.822. The number of nitrogens with one attached hydrogen (secondary N) is 2. The maximum Gasteiger partial charge on any atom is 0.220 e. The van der Waals surface area contributed by atoms with Crippen LogP contribution in [0.1, 0.15) is 18.4 Å². The van der Waals surface area contributed by atoms with Gasteiger partial charge in [0.2, 0.25) is 5.91 Å². The van der Waals surface area contributed by atoms with E-state index in [2.05, 4.69) is 10.6 Å². The summed E-state index contributed by atoms with van der Waals surface area (Å²) < 4.78 is 16.1. The second-order valence-electron chi connectivity index (χ2n) is 4.93. The lowest BCUT2D eigenvalue weighted by molar-refractivity contribution is -0.122. The van der Waals surface area contributed by atoms with Gasteiger partial charge in [-0.1, -0.05) is 0 Å². The molecule has 6 nitrogen and oxygen atoms in total. The molecular weight excluding hydrogens is 272 g/mol. The molecule has 1 atom stereocenters. The predicted octanol–water partition coefficient (Wildman–Crippen LogP) is 1.08. The number of hydrogen-bond acceptors (Lipinski definition) is 5.